The van der Waals surface area contributed by atoms with Crippen molar-refractivity contribution in [3.05, 3.63) is 28.4 Å². The molecule has 2 unspecified atom stereocenters. The molecule has 0 aliphatic heterocycles. The van der Waals surface area contributed by atoms with E-state index in [0.29, 0.717) is 5.92 Å². The van der Waals surface area contributed by atoms with Crippen molar-refractivity contribution in [2.75, 3.05) is 0 Å². The summed E-state index contributed by atoms with van der Waals surface area (Å²) >= 11 is 6.12. The molecule has 0 amide bonds. The molecule has 1 aliphatic rings. The van der Waals surface area contributed by atoms with Gasteiger partial charge in [0.1, 0.15) is 0 Å². The molecule has 1 heterocycles. The minimum absolute atomic E-state index is 0.108. The lowest BCUT2D eigenvalue weighted by Gasteiger charge is -2.13. The van der Waals surface area contributed by atoms with Crippen LogP contribution in [0.3, 0.4) is 0 Å². The first-order chi connectivity index (χ1) is 6.16. The zero-order valence-corrected chi connectivity index (χ0v) is 8.55. The second-order valence-electron chi connectivity index (χ2n) is 3.56. The molecular formula is C11H12ClN. The topological polar surface area (TPSA) is 12.9 Å². The van der Waals surface area contributed by atoms with E-state index in [1.54, 1.807) is 0 Å². The Balaban J connectivity index is 2.70. The van der Waals surface area contributed by atoms with E-state index >= 15 is 0 Å². The summed E-state index contributed by atoms with van der Waals surface area (Å²) in [5.74, 6) is 0.378. The van der Waals surface area contributed by atoms with Gasteiger partial charge in [0.25, 0.3) is 0 Å². The summed E-state index contributed by atoms with van der Waals surface area (Å²) in [5, 5.41) is 2.34. The molecule has 13 heavy (non-hydrogen) atoms. The van der Waals surface area contributed by atoms with E-state index in [-0.39, 0.29) is 5.38 Å². The van der Waals surface area contributed by atoms with Crippen molar-refractivity contribution in [2.45, 2.75) is 19.2 Å². The molecule has 1 nitrogen and oxygen atoms in total. The van der Waals surface area contributed by atoms with Crippen LogP contribution >= 0.6 is 11.6 Å². The second-order valence-corrected chi connectivity index (χ2v) is 4.07. The highest BCUT2D eigenvalue weighted by molar-refractivity contribution is 6.24. The van der Waals surface area contributed by atoms with Gasteiger partial charge in [-0.15, -0.1) is 11.6 Å². The molecule has 0 fully saturated rings. The van der Waals surface area contributed by atoms with Gasteiger partial charge in [-0.3, -0.25) is 4.98 Å². The van der Waals surface area contributed by atoms with Crippen LogP contribution in [0.15, 0.2) is 12.1 Å². The van der Waals surface area contributed by atoms with Gasteiger partial charge in [-0.25, -0.2) is 0 Å². The van der Waals surface area contributed by atoms with Crippen LogP contribution in [0.1, 0.15) is 12.6 Å². The highest BCUT2D eigenvalue weighted by atomic mass is 35.5. The summed E-state index contributed by atoms with van der Waals surface area (Å²) in [5.41, 5.74) is 1.06. The number of hydrogen-bond acceptors (Lipinski definition) is 1. The summed E-state index contributed by atoms with van der Waals surface area (Å²) in [4.78, 5) is 4.45. The Morgan fingerprint density at radius 3 is 2.85 bits per heavy atom. The highest BCUT2D eigenvalue weighted by Crippen LogP contribution is 2.14. The first kappa shape index (κ1) is 8.76. The third-order valence-corrected chi connectivity index (χ3v) is 2.88. The van der Waals surface area contributed by atoms with Crippen molar-refractivity contribution >= 4 is 23.8 Å². The molecule has 0 aromatic carbocycles. The number of aryl methyl sites for hydroxylation is 1. The molecule has 1 aromatic heterocycles. The number of rotatable bonds is 0. The minimum atomic E-state index is 0.108. The number of nitrogens with zero attached hydrogens (tertiary/aromatic N) is 1. The number of pyridine rings is 1. The SMILES string of the molecule is Cc1ccc2c(n1)=CC(C)C(Cl)C=2. The van der Waals surface area contributed by atoms with Gasteiger partial charge in [0.2, 0.25) is 0 Å². The number of alkyl halides is 1. The molecule has 1 aliphatic carbocycles. The molecule has 2 heteroatoms. The minimum Gasteiger partial charge on any atom is -0.253 e. The molecule has 68 valence electrons. The van der Waals surface area contributed by atoms with E-state index < -0.39 is 0 Å². The molecule has 1 aromatic rings. The molecule has 0 radical (unpaired) electrons. The number of fused-ring (bicyclic) bond motifs is 1. The average Bonchev–Trinajstić information content (AvgIpc) is 2.08. The Kier molecular flexibility index (Phi) is 2.12. The Morgan fingerprint density at radius 1 is 1.31 bits per heavy atom. The maximum Gasteiger partial charge on any atom is 0.0666 e. The monoisotopic (exact) mass is 193 g/mol. The zero-order valence-electron chi connectivity index (χ0n) is 7.79. The van der Waals surface area contributed by atoms with Gasteiger partial charge in [0.15, 0.2) is 0 Å². The van der Waals surface area contributed by atoms with Crippen molar-refractivity contribution in [2.24, 2.45) is 5.92 Å². The lowest BCUT2D eigenvalue weighted by molar-refractivity contribution is 0.800. The lowest BCUT2D eigenvalue weighted by atomic mass is 10.0. The van der Waals surface area contributed by atoms with Gasteiger partial charge < -0.3 is 0 Å². The summed E-state index contributed by atoms with van der Waals surface area (Å²) in [6, 6.07) is 4.10. The van der Waals surface area contributed by atoms with Gasteiger partial charge in [0.05, 0.1) is 10.7 Å². The smallest absolute Gasteiger partial charge is 0.0666 e. The van der Waals surface area contributed by atoms with Crippen molar-refractivity contribution < 1.29 is 0 Å². The molecule has 0 saturated heterocycles. The summed E-state index contributed by atoms with van der Waals surface area (Å²) in [6.07, 6.45) is 4.22. The lowest BCUT2D eigenvalue weighted by Crippen LogP contribution is -2.35. The predicted octanol–water partition coefficient (Wildman–Crippen LogP) is 1.21. The Hall–Kier alpha value is -0.820. The van der Waals surface area contributed by atoms with Crippen molar-refractivity contribution in [1.29, 1.82) is 0 Å². The van der Waals surface area contributed by atoms with Crippen LogP contribution < -0.4 is 10.6 Å². The number of halogens is 1. The van der Waals surface area contributed by atoms with Crippen molar-refractivity contribution in [1.82, 2.24) is 4.98 Å². The van der Waals surface area contributed by atoms with Crippen molar-refractivity contribution in [3.63, 3.8) is 0 Å². The maximum atomic E-state index is 6.12. The van der Waals surface area contributed by atoms with Gasteiger partial charge in [0, 0.05) is 5.69 Å². The molecule has 0 bridgehead atoms. The van der Waals surface area contributed by atoms with Crippen LogP contribution in [0, 0.1) is 12.8 Å². The molecule has 2 rings (SSSR count). The quantitative estimate of drug-likeness (QED) is 0.565. The molecule has 0 spiro atoms. The maximum absolute atomic E-state index is 6.12. The normalized spacial score (nSPS) is 25.8. The number of hydrogen-bond donors (Lipinski definition) is 0. The van der Waals surface area contributed by atoms with Gasteiger partial charge in [-0.2, -0.15) is 0 Å². The third kappa shape index (κ3) is 1.61. The van der Waals surface area contributed by atoms with Crippen LogP contribution in [0.25, 0.3) is 12.2 Å². The predicted molar refractivity (Wildman–Crippen MR) is 56.0 cm³/mol. The summed E-state index contributed by atoms with van der Waals surface area (Å²) < 4.78 is 0. The standard InChI is InChI=1S/C11H12ClN/c1-7-5-11-9(6-10(7)12)4-3-8(2)13-11/h3-7,10H,1-2H3. The fraction of sp³-hybridized carbons (Fsp3) is 0.364. The number of aromatic nitrogens is 1. The van der Waals surface area contributed by atoms with E-state index in [0.717, 1.165) is 16.3 Å². The van der Waals surface area contributed by atoms with Crippen LogP contribution in [-0.4, -0.2) is 10.4 Å². The van der Waals surface area contributed by atoms with Crippen LogP contribution in [0.4, 0.5) is 0 Å². The Labute approximate surface area is 82.8 Å². The Morgan fingerprint density at radius 2 is 2.08 bits per heavy atom. The first-order valence-electron chi connectivity index (χ1n) is 4.48. The van der Waals surface area contributed by atoms with E-state index in [1.165, 1.54) is 0 Å². The molecular weight excluding hydrogens is 182 g/mol. The Bertz CT molecular complexity index is 436. The summed E-state index contributed by atoms with van der Waals surface area (Å²) in [6.45, 7) is 4.12. The fourth-order valence-corrected chi connectivity index (χ4v) is 1.73. The largest absolute Gasteiger partial charge is 0.253 e. The van der Waals surface area contributed by atoms with E-state index in [4.69, 9.17) is 11.6 Å². The van der Waals surface area contributed by atoms with Gasteiger partial charge in [-0.1, -0.05) is 25.1 Å². The molecule has 2 atom stereocenters. The molecule has 0 N–H and O–H groups in total. The highest BCUT2D eigenvalue weighted by Gasteiger charge is 2.12. The van der Waals surface area contributed by atoms with Crippen LogP contribution in [0.5, 0.6) is 0 Å². The average molecular weight is 194 g/mol. The van der Waals surface area contributed by atoms with Gasteiger partial charge in [-0.05, 0) is 24.1 Å². The van der Waals surface area contributed by atoms with E-state index in [2.05, 4.69) is 30.1 Å². The fourth-order valence-electron chi connectivity index (χ4n) is 1.53. The summed E-state index contributed by atoms with van der Waals surface area (Å²) in [7, 11) is 0. The van der Waals surface area contributed by atoms with E-state index in [9.17, 15) is 0 Å². The van der Waals surface area contributed by atoms with Crippen LogP contribution in [0.2, 0.25) is 0 Å². The van der Waals surface area contributed by atoms with Crippen LogP contribution in [-0.2, 0) is 0 Å². The molecule has 0 saturated carbocycles. The first-order valence-corrected chi connectivity index (χ1v) is 4.92. The second kappa shape index (κ2) is 3.15. The zero-order chi connectivity index (χ0) is 9.42. The van der Waals surface area contributed by atoms with Crippen molar-refractivity contribution in [3.8, 4) is 0 Å². The van der Waals surface area contributed by atoms with Gasteiger partial charge >= 0.3 is 0 Å². The van der Waals surface area contributed by atoms with E-state index in [1.807, 2.05) is 13.0 Å². The third-order valence-electron chi connectivity index (χ3n) is 2.36.